The number of Topliss-reactive ketones (excluding diaryl/α,β-unsaturated/α-hetero) is 1. The van der Waals surface area contributed by atoms with Gasteiger partial charge in [0.2, 0.25) is 5.91 Å². The van der Waals surface area contributed by atoms with Crippen LogP contribution < -0.4 is 4.90 Å². The third-order valence-electron chi connectivity index (χ3n) is 7.09. The van der Waals surface area contributed by atoms with E-state index in [1.807, 2.05) is 30.3 Å². The van der Waals surface area contributed by atoms with Crippen molar-refractivity contribution in [2.75, 3.05) is 11.4 Å². The van der Waals surface area contributed by atoms with Crippen LogP contribution in [0.1, 0.15) is 45.1 Å². The second kappa shape index (κ2) is 13.0. The van der Waals surface area contributed by atoms with E-state index in [1.54, 1.807) is 29.8 Å². The van der Waals surface area contributed by atoms with Gasteiger partial charge in [0.15, 0.2) is 5.78 Å². The number of rotatable bonds is 7. The van der Waals surface area contributed by atoms with Gasteiger partial charge in [0.25, 0.3) is 0 Å². The maximum Gasteiger partial charge on any atom is 0.416 e. The van der Waals surface area contributed by atoms with Crippen molar-refractivity contribution in [2.45, 2.75) is 25.4 Å². The maximum atomic E-state index is 14.1. The second-order valence-corrected chi connectivity index (χ2v) is 9.65. The van der Waals surface area contributed by atoms with Crippen molar-refractivity contribution in [1.82, 2.24) is 9.78 Å². The minimum atomic E-state index is -4.62. The summed E-state index contributed by atoms with van der Waals surface area (Å²) < 4.78 is 55.6. The van der Waals surface area contributed by atoms with E-state index >= 15 is 0 Å². The number of carbonyl (C=O) groups excluding carboxylic acids is 2. The number of amides is 1. The molecule has 3 aromatic carbocycles. The van der Waals surface area contributed by atoms with Gasteiger partial charge in [-0.2, -0.15) is 45.3 Å². The molecule has 0 saturated carbocycles. The molecule has 0 aliphatic carbocycles. The fourth-order valence-electron chi connectivity index (χ4n) is 5.31. The van der Waals surface area contributed by atoms with Crippen molar-refractivity contribution in [3.63, 3.8) is 0 Å². The summed E-state index contributed by atoms with van der Waals surface area (Å²) in [7, 11) is 0. The van der Waals surface area contributed by atoms with Crippen LogP contribution in [0.4, 0.5) is 23.4 Å². The van der Waals surface area contributed by atoms with Crippen LogP contribution in [-0.4, -0.2) is 28.0 Å². The molecule has 0 unspecified atom stereocenters. The first kappa shape index (κ1) is 32.7. The molecule has 1 aromatic heterocycles. The molecule has 0 radical (unpaired) electrons. The van der Waals surface area contributed by atoms with E-state index < -0.39 is 41.1 Å². The van der Waals surface area contributed by atoms with E-state index in [-0.39, 0.29) is 45.5 Å². The quantitative estimate of drug-likeness (QED) is 0.126. The second-order valence-electron chi connectivity index (χ2n) is 9.65. The predicted molar refractivity (Wildman–Crippen MR) is 164 cm³/mol. The van der Waals surface area contributed by atoms with Gasteiger partial charge in [-0.05, 0) is 48.9 Å². The SMILES string of the molecule is C=CCN1C(=O)[C@@H](CC(=O)c2cccc(C(F)(F)F)c2)[C@@H](c2ccc(F)cc2)c2c(C)nn(-c3ccccc3)c21.S.S. The highest BCUT2D eigenvalue weighted by Crippen LogP contribution is 2.47. The van der Waals surface area contributed by atoms with Gasteiger partial charge in [-0.15, -0.1) is 6.58 Å². The van der Waals surface area contributed by atoms with Crippen LogP contribution in [0, 0.1) is 18.7 Å². The molecule has 11 heteroatoms. The lowest BCUT2D eigenvalue weighted by Crippen LogP contribution is -2.45. The fourth-order valence-corrected chi connectivity index (χ4v) is 5.31. The zero-order chi connectivity index (χ0) is 28.6. The van der Waals surface area contributed by atoms with E-state index in [2.05, 4.69) is 6.58 Å². The highest BCUT2D eigenvalue weighted by atomic mass is 32.1. The number of carbonyl (C=O) groups is 2. The zero-order valence-electron chi connectivity index (χ0n) is 22.5. The molecule has 1 amide bonds. The molecule has 0 spiro atoms. The van der Waals surface area contributed by atoms with Crippen molar-refractivity contribution in [3.8, 4) is 5.69 Å². The van der Waals surface area contributed by atoms with Gasteiger partial charge in [-0.25, -0.2) is 9.07 Å². The van der Waals surface area contributed by atoms with Gasteiger partial charge in [0, 0.05) is 30.0 Å². The summed E-state index contributed by atoms with van der Waals surface area (Å²) >= 11 is 0. The molecule has 220 valence electrons. The number of ketones is 1. The van der Waals surface area contributed by atoms with Gasteiger partial charge in [0.1, 0.15) is 11.6 Å². The van der Waals surface area contributed by atoms with Crippen molar-refractivity contribution >= 4 is 44.5 Å². The summed E-state index contributed by atoms with van der Waals surface area (Å²) in [6.45, 7) is 5.70. The minimum Gasteiger partial charge on any atom is -0.294 e. The van der Waals surface area contributed by atoms with E-state index in [1.165, 1.54) is 29.2 Å². The molecular weight excluding hydrogens is 586 g/mol. The van der Waals surface area contributed by atoms with Gasteiger partial charge >= 0.3 is 6.18 Å². The highest BCUT2D eigenvalue weighted by Gasteiger charge is 2.45. The summed E-state index contributed by atoms with van der Waals surface area (Å²) in [6.07, 6.45) is -3.42. The van der Waals surface area contributed by atoms with Gasteiger partial charge in [0.05, 0.1) is 22.9 Å². The molecule has 42 heavy (non-hydrogen) atoms. The molecule has 2 atom stereocenters. The molecule has 1 aliphatic heterocycles. The predicted octanol–water partition coefficient (Wildman–Crippen LogP) is 7.12. The highest BCUT2D eigenvalue weighted by molar-refractivity contribution is 7.59. The first-order valence-electron chi connectivity index (χ1n) is 12.6. The average molecular weight is 616 g/mol. The molecule has 1 aliphatic rings. The van der Waals surface area contributed by atoms with Crippen LogP contribution in [-0.2, 0) is 11.0 Å². The number of aromatic nitrogens is 2. The average Bonchev–Trinajstić information content (AvgIpc) is 3.28. The van der Waals surface area contributed by atoms with Crippen molar-refractivity contribution < 1.29 is 27.2 Å². The van der Waals surface area contributed by atoms with Crippen LogP contribution in [0.15, 0.2) is 91.5 Å². The van der Waals surface area contributed by atoms with Gasteiger partial charge < -0.3 is 0 Å². The topological polar surface area (TPSA) is 55.2 Å². The number of aryl methyl sites for hydroxylation is 1. The lowest BCUT2D eigenvalue weighted by atomic mass is 9.74. The monoisotopic (exact) mass is 615 g/mol. The Morgan fingerprint density at radius 1 is 1.00 bits per heavy atom. The lowest BCUT2D eigenvalue weighted by molar-refractivity contribution is -0.137. The van der Waals surface area contributed by atoms with Crippen molar-refractivity contribution in [3.05, 3.63) is 125 Å². The number of anilines is 1. The van der Waals surface area contributed by atoms with Gasteiger partial charge in [-0.3, -0.25) is 14.5 Å². The Labute approximate surface area is 254 Å². The first-order chi connectivity index (χ1) is 19.1. The molecule has 2 heterocycles. The standard InChI is InChI=1S/C31H25F4N3O2.2H2S/c1-3-16-37-29-27(19(2)36-38(29)24-10-5-4-6-11-24)28(20-12-14-23(32)15-13-20)25(30(37)40)18-26(39)21-8-7-9-22(17-21)31(33,34)35;;/h3-15,17,25,28H,1,16,18H2,2H3;2*1H2/t25-,28+;;/m0../s1. The van der Waals surface area contributed by atoms with Crippen LogP contribution in [0.5, 0.6) is 0 Å². The van der Waals surface area contributed by atoms with E-state index in [4.69, 9.17) is 5.10 Å². The lowest BCUT2D eigenvalue weighted by Gasteiger charge is -2.38. The summed E-state index contributed by atoms with van der Waals surface area (Å²) in [5.74, 6) is -2.65. The smallest absolute Gasteiger partial charge is 0.294 e. The van der Waals surface area contributed by atoms with Crippen LogP contribution in [0.25, 0.3) is 5.69 Å². The Morgan fingerprint density at radius 3 is 2.29 bits per heavy atom. The zero-order valence-corrected chi connectivity index (χ0v) is 24.5. The number of hydrogen-bond donors (Lipinski definition) is 0. The normalized spacial score (nSPS) is 16.2. The van der Waals surface area contributed by atoms with Gasteiger partial charge in [-0.1, -0.05) is 48.5 Å². The first-order valence-corrected chi connectivity index (χ1v) is 12.6. The van der Waals surface area contributed by atoms with Crippen LogP contribution >= 0.6 is 27.0 Å². The number of benzene rings is 3. The van der Waals surface area contributed by atoms with E-state index in [0.717, 1.165) is 12.1 Å². The summed E-state index contributed by atoms with van der Waals surface area (Å²) in [6, 6.07) is 19.1. The van der Waals surface area contributed by atoms with Crippen molar-refractivity contribution in [1.29, 1.82) is 0 Å². The Morgan fingerprint density at radius 2 is 1.67 bits per heavy atom. The maximum absolute atomic E-state index is 14.1. The van der Waals surface area contributed by atoms with Crippen LogP contribution in [0.2, 0.25) is 0 Å². The third kappa shape index (κ3) is 6.17. The Hall–Kier alpha value is -3.83. The third-order valence-corrected chi connectivity index (χ3v) is 7.09. The summed E-state index contributed by atoms with van der Waals surface area (Å²) in [5, 5.41) is 4.74. The number of para-hydroxylation sites is 1. The Kier molecular flexibility index (Phi) is 10.1. The molecule has 0 N–H and O–H groups in total. The molecule has 0 saturated heterocycles. The molecule has 4 aromatic rings. The van der Waals surface area contributed by atoms with Crippen LogP contribution in [0.3, 0.4) is 0 Å². The largest absolute Gasteiger partial charge is 0.416 e. The van der Waals surface area contributed by atoms with Crippen molar-refractivity contribution in [2.24, 2.45) is 5.92 Å². The van der Waals surface area contributed by atoms with E-state index in [9.17, 15) is 27.2 Å². The number of nitrogens with zero attached hydrogens (tertiary/aromatic N) is 3. The Bertz CT molecular complexity index is 1590. The minimum absolute atomic E-state index is 0. The molecule has 0 bridgehead atoms. The number of halogens is 4. The number of hydrogen-bond acceptors (Lipinski definition) is 3. The molecule has 5 rings (SSSR count). The number of alkyl halides is 3. The Balaban J connectivity index is 0.00000242. The number of fused-ring (bicyclic) bond motifs is 1. The summed E-state index contributed by atoms with van der Waals surface area (Å²) in [4.78, 5) is 29.1. The molecule has 0 fully saturated rings. The van der Waals surface area contributed by atoms with E-state index in [0.29, 0.717) is 28.3 Å². The molecule has 5 nitrogen and oxygen atoms in total. The molecular formula is C31H29F4N3O2S2. The fraction of sp³-hybridized carbons (Fsp3) is 0.194. The summed E-state index contributed by atoms with van der Waals surface area (Å²) in [5.41, 5.74) is 1.50.